The third-order valence-electron chi connectivity index (χ3n) is 5.21. The van der Waals surface area contributed by atoms with E-state index in [1.165, 1.54) is 24.3 Å². The Labute approximate surface area is 194 Å². The molecule has 0 saturated carbocycles. The van der Waals surface area contributed by atoms with Gasteiger partial charge < -0.3 is 9.80 Å². The predicted molar refractivity (Wildman–Crippen MR) is 125 cm³/mol. The number of sulfonamides is 1. The van der Waals surface area contributed by atoms with Gasteiger partial charge in [-0.1, -0.05) is 18.2 Å². The molecule has 2 aromatic carbocycles. The molecule has 0 radical (unpaired) electrons. The Hall–Kier alpha value is -3.51. The third kappa shape index (κ3) is 5.12. The number of non-ortho nitro benzene ring substituents is 1. The number of anilines is 2. The van der Waals surface area contributed by atoms with Crippen molar-refractivity contribution in [2.75, 3.05) is 35.8 Å². The highest BCUT2D eigenvalue weighted by atomic mass is 32.2. The molecule has 1 aromatic heterocycles. The summed E-state index contributed by atoms with van der Waals surface area (Å²) in [4.78, 5) is 31.6. The average molecular weight is 488 g/mol. The first-order chi connectivity index (χ1) is 15.8. The summed E-state index contributed by atoms with van der Waals surface area (Å²) in [6.07, 6.45) is 2.50. The highest BCUT2D eigenvalue weighted by Crippen LogP contribution is 2.25. The number of benzene rings is 2. The summed E-state index contributed by atoms with van der Waals surface area (Å²) < 4.78 is 28.2. The van der Waals surface area contributed by atoms with E-state index in [0.29, 0.717) is 19.6 Å². The Morgan fingerprint density at radius 2 is 1.91 bits per heavy atom. The second-order valence-corrected chi connectivity index (χ2v) is 9.91. The topological polar surface area (TPSA) is 126 Å². The van der Waals surface area contributed by atoms with Crippen LogP contribution in [0.5, 0.6) is 0 Å². The van der Waals surface area contributed by atoms with Crippen LogP contribution in [0.2, 0.25) is 0 Å². The number of nitrogens with one attached hydrogen (secondary N) is 1. The Kier molecular flexibility index (Phi) is 6.56. The van der Waals surface area contributed by atoms with Crippen LogP contribution in [0.15, 0.2) is 65.0 Å². The fourth-order valence-electron chi connectivity index (χ4n) is 3.58. The number of nitro benzene ring substituents is 1. The number of nitro groups is 1. The van der Waals surface area contributed by atoms with E-state index in [2.05, 4.69) is 14.6 Å². The summed E-state index contributed by atoms with van der Waals surface area (Å²) in [6, 6.07) is 11.1. The monoisotopic (exact) mass is 487 g/mol. The Bertz CT molecular complexity index is 1260. The minimum Gasteiger partial charge on any atom is -0.346 e. The quantitative estimate of drug-likeness (QED) is 0.418. The van der Waals surface area contributed by atoms with Crippen molar-refractivity contribution in [3.05, 3.63) is 75.8 Å². The number of hydrogen-bond donors (Lipinski definition) is 1. The number of rotatable bonds is 6. The minimum atomic E-state index is -4.14. The zero-order chi connectivity index (χ0) is 23.4. The second-order valence-electron chi connectivity index (χ2n) is 7.35. The molecule has 3 aromatic rings. The van der Waals surface area contributed by atoms with Gasteiger partial charge in [-0.05, 0) is 24.6 Å². The van der Waals surface area contributed by atoms with Crippen molar-refractivity contribution in [1.29, 1.82) is 0 Å². The van der Waals surface area contributed by atoms with Crippen molar-refractivity contribution in [2.24, 2.45) is 0 Å². The van der Waals surface area contributed by atoms with Crippen LogP contribution in [0.25, 0.3) is 0 Å². The number of carbonyl (C=O) groups is 1. The first-order valence-electron chi connectivity index (χ1n) is 10.2. The molecule has 0 aliphatic carbocycles. The lowest BCUT2D eigenvalue weighted by Gasteiger charge is -2.23. The van der Waals surface area contributed by atoms with Crippen molar-refractivity contribution in [1.82, 2.24) is 9.88 Å². The van der Waals surface area contributed by atoms with Crippen molar-refractivity contribution in [3.63, 3.8) is 0 Å². The molecule has 1 saturated heterocycles. The van der Waals surface area contributed by atoms with Gasteiger partial charge in [-0.15, -0.1) is 11.3 Å². The first-order valence-corrected chi connectivity index (χ1v) is 12.5. The zero-order valence-electron chi connectivity index (χ0n) is 17.5. The molecule has 1 fully saturated rings. The van der Waals surface area contributed by atoms with Crippen molar-refractivity contribution >= 4 is 43.8 Å². The van der Waals surface area contributed by atoms with Crippen LogP contribution in [0.1, 0.15) is 16.8 Å². The fourth-order valence-corrected chi connectivity index (χ4v) is 5.40. The highest BCUT2D eigenvalue weighted by Gasteiger charge is 2.25. The van der Waals surface area contributed by atoms with Crippen LogP contribution < -0.4 is 9.62 Å². The zero-order valence-corrected chi connectivity index (χ0v) is 19.1. The van der Waals surface area contributed by atoms with Gasteiger partial charge in [-0.3, -0.25) is 19.6 Å². The second kappa shape index (κ2) is 9.55. The number of thiazole rings is 1. The lowest BCUT2D eigenvalue weighted by molar-refractivity contribution is -0.385. The Balaban J connectivity index is 1.54. The van der Waals surface area contributed by atoms with Crippen molar-refractivity contribution in [2.45, 2.75) is 11.3 Å². The number of hydrogen-bond acceptors (Lipinski definition) is 8. The number of nitrogens with zero attached hydrogens (tertiary/aromatic N) is 4. The summed E-state index contributed by atoms with van der Waals surface area (Å²) in [5.41, 5.74) is 0.000764. The number of para-hydroxylation sites is 1. The van der Waals surface area contributed by atoms with Crippen LogP contribution in [-0.4, -0.2) is 55.3 Å². The number of amides is 1. The maximum absolute atomic E-state index is 13.3. The maximum atomic E-state index is 13.3. The molecule has 1 amide bonds. The SMILES string of the molecule is O=C(c1ccccc1NS(=O)(=O)c1cccc([N+](=O)[O-])c1)N1CCCN(c2nccs2)CC1. The molecule has 172 valence electrons. The summed E-state index contributed by atoms with van der Waals surface area (Å²) in [6.45, 7) is 2.41. The smallest absolute Gasteiger partial charge is 0.270 e. The summed E-state index contributed by atoms with van der Waals surface area (Å²) >= 11 is 1.55. The van der Waals surface area contributed by atoms with Gasteiger partial charge in [-0.25, -0.2) is 13.4 Å². The van der Waals surface area contributed by atoms with Crippen LogP contribution in [0, 0.1) is 10.1 Å². The molecule has 2 heterocycles. The molecule has 0 unspecified atom stereocenters. The molecule has 1 aliphatic rings. The molecular formula is C21H21N5O5S2. The molecule has 1 N–H and O–H groups in total. The minimum absolute atomic E-state index is 0.120. The number of aromatic nitrogens is 1. The van der Waals surface area contributed by atoms with Gasteiger partial charge in [0, 0.05) is 49.9 Å². The molecule has 1 aliphatic heterocycles. The third-order valence-corrected chi connectivity index (χ3v) is 7.41. The first kappa shape index (κ1) is 22.7. The van der Waals surface area contributed by atoms with E-state index < -0.39 is 14.9 Å². The summed E-state index contributed by atoms with van der Waals surface area (Å²) in [5.74, 6) is -0.284. The van der Waals surface area contributed by atoms with Gasteiger partial charge in [0.15, 0.2) is 5.13 Å². The molecule has 0 atom stereocenters. The van der Waals surface area contributed by atoms with E-state index >= 15 is 0 Å². The van der Waals surface area contributed by atoms with Gasteiger partial charge in [0.1, 0.15) is 0 Å². The summed E-state index contributed by atoms with van der Waals surface area (Å²) in [5, 5.41) is 13.8. The fraction of sp³-hybridized carbons (Fsp3) is 0.238. The Morgan fingerprint density at radius 1 is 1.09 bits per heavy atom. The van der Waals surface area contributed by atoms with Gasteiger partial charge in [0.25, 0.3) is 21.6 Å². The normalized spacial score (nSPS) is 14.5. The molecule has 4 rings (SSSR count). The average Bonchev–Trinajstić information content (AvgIpc) is 3.23. The molecule has 33 heavy (non-hydrogen) atoms. The summed E-state index contributed by atoms with van der Waals surface area (Å²) in [7, 11) is -4.14. The van der Waals surface area contributed by atoms with Crippen LogP contribution >= 0.6 is 11.3 Å². The maximum Gasteiger partial charge on any atom is 0.270 e. The van der Waals surface area contributed by atoms with Gasteiger partial charge in [0.2, 0.25) is 0 Å². The molecule has 0 bridgehead atoms. The van der Waals surface area contributed by atoms with Gasteiger partial charge >= 0.3 is 0 Å². The van der Waals surface area contributed by atoms with E-state index in [-0.39, 0.29) is 27.7 Å². The van der Waals surface area contributed by atoms with E-state index in [4.69, 9.17) is 0 Å². The van der Waals surface area contributed by atoms with Crippen LogP contribution in [-0.2, 0) is 10.0 Å². The molecule has 0 spiro atoms. The van der Waals surface area contributed by atoms with Gasteiger partial charge in [0.05, 0.1) is 21.1 Å². The molecule has 12 heteroatoms. The van der Waals surface area contributed by atoms with E-state index in [1.54, 1.807) is 40.6 Å². The van der Waals surface area contributed by atoms with Crippen molar-refractivity contribution < 1.29 is 18.1 Å². The van der Waals surface area contributed by atoms with Crippen molar-refractivity contribution in [3.8, 4) is 0 Å². The van der Waals surface area contributed by atoms with E-state index in [0.717, 1.165) is 24.2 Å². The van der Waals surface area contributed by atoms with Crippen LogP contribution in [0.3, 0.4) is 0 Å². The molecule has 10 nitrogen and oxygen atoms in total. The lowest BCUT2D eigenvalue weighted by atomic mass is 10.1. The largest absolute Gasteiger partial charge is 0.346 e. The highest BCUT2D eigenvalue weighted by molar-refractivity contribution is 7.92. The number of carbonyl (C=O) groups excluding carboxylic acids is 1. The predicted octanol–water partition coefficient (Wildman–Crippen LogP) is 3.20. The van der Waals surface area contributed by atoms with E-state index in [1.807, 2.05) is 5.38 Å². The Morgan fingerprint density at radius 3 is 2.67 bits per heavy atom. The molecular weight excluding hydrogens is 466 g/mol. The standard InChI is InChI=1S/C21H21N5O5S2/c27-20(24-10-4-11-25(13-12-24)21-22-9-14-32-21)18-7-1-2-8-19(18)23-33(30,31)17-6-3-5-16(15-17)26(28)29/h1-3,5-9,14-15,23H,4,10-13H2. The van der Waals surface area contributed by atoms with E-state index in [9.17, 15) is 23.3 Å². The van der Waals surface area contributed by atoms with Crippen LogP contribution in [0.4, 0.5) is 16.5 Å². The van der Waals surface area contributed by atoms with Gasteiger partial charge in [-0.2, -0.15) is 0 Å². The lowest BCUT2D eigenvalue weighted by Crippen LogP contribution is -2.35.